The van der Waals surface area contributed by atoms with Crippen molar-refractivity contribution in [2.45, 2.75) is 12.3 Å². The molecular weight excluding hydrogens is 445 g/mol. The van der Waals surface area contributed by atoms with Crippen molar-refractivity contribution in [3.05, 3.63) is 83.4 Å². The fraction of sp³-hybridized carbons (Fsp3) is 0.160. The fourth-order valence-corrected chi connectivity index (χ4v) is 3.35. The maximum absolute atomic E-state index is 13.1. The van der Waals surface area contributed by atoms with E-state index in [1.54, 1.807) is 30.1 Å². The number of rotatable bonds is 6. The molecule has 0 spiro atoms. The van der Waals surface area contributed by atoms with Gasteiger partial charge < -0.3 is 15.3 Å². The van der Waals surface area contributed by atoms with Gasteiger partial charge in [0.25, 0.3) is 5.91 Å². The summed E-state index contributed by atoms with van der Waals surface area (Å²) in [6.45, 7) is -0.158. The molecule has 0 aliphatic rings. The van der Waals surface area contributed by atoms with E-state index >= 15 is 0 Å². The maximum Gasteiger partial charge on any atom is 0.417 e. The maximum atomic E-state index is 13.1. The van der Waals surface area contributed by atoms with Crippen molar-refractivity contribution < 1.29 is 23.1 Å². The van der Waals surface area contributed by atoms with Crippen LogP contribution in [0.25, 0.3) is 11.1 Å². The van der Waals surface area contributed by atoms with E-state index in [0.717, 1.165) is 17.7 Å². The number of nitriles is 2. The Labute approximate surface area is 194 Å². The summed E-state index contributed by atoms with van der Waals surface area (Å²) in [5, 5.41) is 30.9. The number of carbonyl (C=O) groups is 1. The summed E-state index contributed by atoms with van der Waals surface area (Å²) in [6, 6.07) is 20.7. The van der Waals surface area contributed by atoms with E-state index in [9.17, 15) is 28.3 Å². The van der Waals surface area contributed by atoms with Crippen molar-refractivity contribution >= 4 is 17.3 Å². The van der Waals surface area contributed by atoms with Crippen LogP contribution in [-0.2, 0) is 11.0 Å². The Morgan fingerprint density at radius 1 is 1.03 bits per heavy atom. The van der Waals surface area contributed by atoms with Crippen LogP contribution in [0.15, 0.2) is 66.7 Å². The zero-order valence-corrected chi connectivity index (χ0v) is 18.0. The Hall–Kier alpha value is -4.34. The van der Waals surface area contributed by atoms with Crippen LogP contribution in [0, 0.1) is 22.7 Å². The number of aliphatic hydroxyl groups excluding tert-OH is 1. The van der Waals surface area contributed by atoms with E-state index in [2.05, 4.69) is 11.4 Å². The highest BCUT2D eigenvalue weighted by Gasteiger charge is 2.34. The summed E-state index contributed by atoms with van der Waals surface area (Å²) < 4.78 is 39.4. The molecule has 0 aliphatic heterocycles. The van der Waals surface area contributed by atoms with Crippen LogP contribution in [-0.4, -0.2) is 30.7 Å². The Morgan fingerprint density at radius 3 is 2.29 bits per heavy atom. The van der Waals surface area contributed by atoms with Gasteiger partial charge in [-0.25, -0.2) is 0 Å². The van der Waals surface area contributed by atoms with Crippen molar-refractivity contribution in [1.82, 2.24) is 0 Å². The third kappa shape index (κ3) is 5.52. The van der Waals surface area contributed by atoms with Gasteiger partial charge in [0.2, 0.25) is 0 Å². The second kappa shape index (κ2) is 10.1. The normalized spacial score (nSPS) is 11.7. The lowest BCUT2D eigenvalue weighted by atomic mass is 9.99. The predicted molar refractivity (Wildman–Crippen MR) is 121 cm³/mol. The molecule has 0 heterocycles. The molecule has 0 fully saturated rings. The molecule has 3 aromatic rings. The number of hydrogen-bond acceptors (Lipinski definition) is 5. The van der Waals surface area contributed by atoms with E-state index in [1.165, 1.54) is 6.07 Å². The monoisotopic (exact) mass is 464 g/mol. The average molecular weight is 464 g/mol. The smallest absolute Gasteiger partial charge is 0.381 e. The van der Waals surface area contributed by atoms with Gasteiger partial charge in [-0.2, -0.15) is 23.7 Å². The molecule has 6 nitrogen and oxygen atoms in total. The SMILES string of the molecule is CN(CC(O)C(=O)Nc1ccc(C#N)c(C(F)(F)F)c1)c1ccc(C#N)c(-c2ccccc2)c1. The molecule has 9 heteroatoms. The van der Waals surface area contributed by atoms with Gasteiger partial charge >= 0.3 is 6.18 Å². The minimum Gasteiger partial charge on any atom is -0.381 e. The van der Waals surface area contributed by atoms with E-state index in [1.807, 2.05) is 30.3 Å². The lowest BCUT2D eigenvalue weighted by molar-refractivity contribution is -0.137. The number of likely N-dealkylation sites (N-methyl/N-ethyl adjacent to an activating group) is 1. The number of carbonyl (C=O) groups excluding carboxylic acids is 1. The zero-order valence-electron chi connectivity index (χ0n) is 18.0. The van der Waals surface area contributed by atoms with Crippen molar-refractivity contribution in [2.75, 3.05) is 23.8 Å². The van der Waals surface area contributed by atoms with E-state index in [0.29, 0.717) is 22.9 Å². The number of halogens is 3. The van der Waals surface area contributed by atoms with Crippen molar-refractivity contribution in [2.24, 2.45) is 0 Å². The summed E-state index contributed by atoms with van der Waals surface area (Å²) in [7, 11) is 1.64. The lowest BCUT2D eigenvalue weighted by Gasteiger charge is -2.23. The van der Waals surface area contributed by atoms with Gasteiger partial charge in [0.05, 0.1) is 35.4 Å². The molecule has 0 saturated carbocycles. The van der Waals surface area contributed by atoms with E-state index < -0.39 is 29.3 Å². The van der Waals surface area contributed by atoms with Gasteiger partial charge in [0, 0.05) is 24.0 Å². The molecule has 34 heavy (non-hydrogen) atoms. The number of nitrogens with zero attached hydrogens (tertiary/aromatic N) is 3. The van der Waals surface area contributed by atoms with Crippen molar-refractivity contribution in [3.8, 4) is 23.3 Å². The number of alkyl halides is 3. The number of benzene rings is 3. The van der Waals surface area contributed by atoms with Crippen LogP contribution in [0.5, 0.6) is 0 Å². The first-order valence-electron chi connectivity index (χ1n) is 10.0. The third-order valence-electron chi connectivity index (χ3n) is 5.11. The molecule has 0 radical (unpaired) electrons. The summed E-state index contributed by atoms with van der Waals surface area (Å²) >= 11 is 0. The van der Waals surface area contributed by atoms with Crippen molar-refractivity contribution in [1.29, 1.82) is 10.5 Å². The van der Waals surface area contributed by atoms with E-state index in [4.69, 9.17) is 5.26 Å². The number of anilines is 2. The van der Waals surface area contributed by atoms with Gasteiger partial charge in [0.1, 0.15) is 6.10 Å². The second-order valence-electron chi connectivity index (χ2n) is 7.46. The molecule has 3 rings (SSSR count). The first kappa shape index (κ1) is 24.3. The van der Waals surface area contributed by atoms with Crippen LogP contribution in [0.3, 0.4) is 0 Å². The molecule has 1 unspecified atom stereocenters. The molecule has 172 valence electrons. The number of hydrogen-bond donors (Lipinski definition) is 2. The van der Waals surface area contributed by atoms with Gasteiger partial charge in [-0.15, -0.1) is 0 Å². The highest BCUT2D eigenvalue weighted by molar-refractivity contribution is 5.94. The molecular formula is C25H19F3N4O2. The number of amides is 1. The third-order valence-corrected chi connectivity index (χ3v) is 5.11. The molecule has 3 aromatic carbocycles. The Kier molecular flexibility index (Phi) is 7.20. The standard InChI is InChI=1S/C25H19F3N4O2/c1-32(20-10-8-17(13-29)21(12-20)16-5-3-2-4-6-16)15-23(33)24(34)31-19-9-7-18(14-30)22(11-19)25(26,27)28/h2-12,23,33H,15H2,1H3,(H,31,34). The predicted octanol–water partition coefficient (Wildman–Crippen LogP) is 4.55. The van der Waals surface area contributed by atoms with Gasteiger partial charge in [-0.3, -0.25) is 4.79 Å². The molecule has 1 atom stereocenters. The lowest BCUT2D eigenvalue weighted by Crippen LogP contribution is -2.38. The summed E-state index contributed by atoms with van der Waals surface area (Å²) in [5.41, 5.74) is 0.664. The minimum atomic E-state index is -4.77. The van der Waals surface area contributed by atoms with Crippen molar-refractivity contribution in [3.63, 3.8) is 0 Å². The fourth-order valence-electron chi connectivity index (χ4n) is 3.35. The summed E-state index contributed by atoms with van der Waals surface area (Å²) in [4.78, 5) is 14.0. The van der Waals surface area contributed by atoms with E-state index in [-0.39, 0.29) is 12.2 Å². The zero-order chi connectivity index (χ0) is 24.9. The highest BCUT2D eigenvalue weighted by Crippen LogP contribution is 2.33. The summed E-state index contributed by atoms with van der Waals surface area (Å²) in [5.74, 6) is -0.901. The van der Waals surface area contributed by atoms with Crippen LogP contribution in [0.4, 0.5) is 24.5 Å². The molecule has 0 aromatic heterocycles. The molecule has 0 aliphatic carbocycles. The summed E-state index contributed by atoms with van der Waals surface area (Å²) in [6.07, 6.45) is -6.33. The Morgan fingerprint density at radius 2 is 1.68 bits per heavy atom. The highest BCUT2D eigenvalue weighted by atomic mass is 19.4. The minimum absolute atomic E-state index is 0.158. The topological polar surface area (TPSA) is 100 Å². The van der Waals surface area contributed by atoms with Gasteiger partial charge in [-0.05, 0) is 42.0 Å². The number of aliphatic hydroxyl groups is 1. The Bertz CT molecular complexity index is 1280. The second-order valence-corrected chi connectivity index (χ2v) is 7.46. The van der Waals surface area contributed by atoms with Crippen LogP contribution < -0.4 is 10.2 Å². The average Bonchev–Trinajstić information content (AvgIpc) is 2.83. The number of nitrogens with one attached hydrogen (secondary N) is 1. The first-order chi connectivity index (χ1) is 16.1. The van der Waals surface area contributed by atoms with Gasteiger partial charge in [0.15, 0.2) is 0 Å². The molecule has 0 saturated heterocycles. The quantitative estimate of drug-likeness (QED) is 0.558. The Balaban J connectivity index is 1.75. The largest absolute Gasteiger partial charge is 0.417 e. The van der Waals surface area contributed by atoms with Crippen LogP contribution in [0.2, 0.25) is 0 Å². The molecule has 2 N–H and O–H groups in total. The van der Waals surface area contributed by atoms with Crippen LogP contribution in [0.1, 0.15) is 16.7 Å². The first-order valence-corrected chi connectivity index (χ1v) is 10.0. The molecule has 0 bridgehead atoms. The molecule has 1 amide bonds. The van der Waals surface area contributed by atoms with Gasteiger partial charge in [-0.1, -0.05) is 30.3 Å². The van der Waals surface area contributed by atoms with Crippen LogP contribution >= 0.6 is 0 Å².